The van der Waals surface area contributed by atoms with Crippen molar-refractivity contribution >= 4 is 28.6 Å². The zero-order chi connectivity index (χ0) is 23.4. The predicted molar refractivity (Wildman–Crippen MR) is 125 cm³/mol. The molecular formula is C24H26N6O3. The molecule has 9 nitrogen and oxygen atoms in total. The molecule has 0 saturated carbocycles. The molecule has 0 unspecified atom stereocenters. The van der Waals surface area contributed by atoms with E-state index in [4.69, 9.17) is 15.2 Å². The molecular weight excluding hydrogens is 420 g/mol. The Balaban J connectivity index is 1.50. The Morgan fingerprint density at radius 2 is 1.85 bits per heavy atom. The van der Waals surface area contributed by atoms with Crippen molar-refractivity contribution in [1.82, 2.24) is 14.9 Å². The third-order valence-corrected chi connectivity index (χ3v) is 5.85. The van der Waals surface area contributed by atoms with Gasteiger partial charge in [-0.05, 0) is 18.1 Å². The molecule has 1 aromatic heterocycles. The lowest BCUT2D eigenvalue weighted by atomic mass is 10.1. The van der Waals surface area contributed by atoms with Crippen LogP contribution in [0.2, 0.25) is 0 Å². The van der Waals surface area contributed by atoms with Crippen molar-refractivity contribution in [2.75, 3.05) is 51.0 Å². The number of anilines is 2. The lowest BCUT2D eigenvalue weighted by Gasteiger charge is -2.35. The van der Waals surface area contributed by atoms with E-state index in [0.717, 1.165) is 12.0 Å². The number of hydrogen-bond donors (Lipinski definition) is 1. The van der Waals surface area contributed by atoms with Gasteiger partial charge in [0, 0.05) is 38.0 Å². The van der Waals surface area contributed by atoms with Crippen LogP contribution in [-0.2, 0) is 11.2 Å². The van der Waals surface area contributed by atoms with Crippen molar-refractivity contribution in [2.24, 2.45) is 0 Å². The lowest BCUT2D eigenvalue weighted by Crippen LogP contribution is -2.49. The van der Waals surface area contributed by atoms with Crippen molar-refractivity contribution in [3.63, 3.8) is 0 Å². The maximum atomic E-state index is 12.7. The Hall–Kier alpha value is -4.06. The molecule has 0 radical (unpaired) electrons. The number of nitrogens with zero attached hydrogens (tertiary/aromatic N) is 5. The third kappa shape index (κ3) is 4.46. The molecule has 1 amide bonds. The quantitative estimate of drug-likeness (QED) is 0.613. The van der Waals surface area contributed by atoms with Crippen LogP contribution in [0.15, 0.2) is 36.4 Å². The van der Waals surface area contributed by atoms with Crippen molar-refractivity contribution in [3.8, 4) is 17.6 Å². The third-order valence-electron chi connectivity index (χ3n) is 5.85. The monoisotopic (exact) mass is 446 g/mol. The summed E-state index contributed by atoms with van der Waals surface area (Å²) in [6, 6.07) is 13.8. The van der Waals surface area contributed by atoms with Crippen LogP contribution in [-0.4, -0.2) is 61.2 Å². The second-order valence-corrected chi connectivity index (χ2v) is 7.76. The number of methoxy groups -OCH3 is 2. The van der Waals surface area contributed by atoms with Gasteiger partial charge in [-0.1, -0.05) is 30.3 Å². The number of amides is 1. The number of piperazine rings is 1. The van der Waals surface area contributed by atoms with E-state index in [9.17, 15) is 10.1 Å². The second-order valence-electron chi connectivity index (χ2n) is 7.76. The van der Waals surface area contributed by atoms with E-state index in [1.807, 2.05) is 40.1 Å². The van der Waals surface area contributed by atoms with Crippen LogP contribution in [0.25, 0.3) is 10.9 Å². The van der Waals surface area contributed by atoms with Gasteiger partial charge in [0.2, 0.25) is 11.9 Å². The number of aryl methyl sites for hydroxylation is 1. The van der Waals surface area contributed by atoms with E-state index in [0.29, 0.717) is 61.0 Å². The zero-order valence-electron chi connectivity index (χ0n) is 18.7. The molecule has 2 N–H and O–H groups in total. The molecule has 2 aromatic carbocycles. The van der Waals surface area contributed by atoms with E-state index in [1.54, 1.807) is 6.07 Å². The SMILES string of the molecule is COc1cc2c(N)nc(N3CCN(C(=O)CCc4ccccc4)CC3)nc2c(C#N)c1OC. The molecule has 1 aliphatic heterocycles. The van der Waals surface area contributed by atoms with Gasteiger partial charge in [-0.2, -0.15) is 10.2 Å². The fourth-order valence-corrected chi connectivity index (χ4v) is 4.04. The van der Waals surface area contributed by atoms with E-state index in [-0.39, 0.29) is 17.3 Å². The first-order valence-corrected chi connectivity index (χ1v) is 10.7. The average Bonchev–Trinajstić information content (AvgIpc) is 2.86. The van der Waals surface area contributed by atoms with Crippen LogP contribution < -0.4 is 20.1 Å². The predicted octanol–water partition coefficient (Wildman–Crippen LogP) is 2.38. The number of nitrogen functional groups attached to an aromatic ring is 1. The van der Waals surface area contributed by atoms with Gasteiger partial charge in [0.15, 0.2) is 11.5 Å². The summed E-state index contributed by atoms with van der Waals surface area (Å²) in [6.07, 6.45) is 1.21. The highest BCUT2D eigenvalue weighted by molar-refractivity contribution is 5.96. The van der Waals surface area contributed by atoms with Gasteiger partial charge < -0.3 is 25.0 Å². The summed E-state index contributed by atoms with van der Waals surface area (Å²) in [6.45, 7) is 2.31. The van der Waals surface area contributed by atoms with E-state index >= 15 is 0 Å². The Morgan fingerprint density at radius 3 is 2.48 bits per heavy atom. The number of nitrogens with two attached hydrogens (primary N) is 1. The molecule has 1 saturated heterocycles. The highest BCUT2D eigenvalue weighted by Crippen LogP contribution is 2.38. The topological polar surface area (TPSA) is 118 Å². The van der Waals surface area contributed by atoms with Crippen molar-refractivity contribution < 1.29 is 14.3 Å². The molecule has 33 heavy (non-hydrogen) atoms. The molecule has 2 heterocycles. The number of nitriles is 1. The lowest BCUT2D eigenvalue weighted by molar-refractivity contribution is -0.131. The highest BCUT2D eigenvalue weighted by atomic mass is 16.5. The first-order valence-electron chi connectivity index (χ1n) is 10.7. The zero-order valence-corrected chi connectivity index (χ0v) is 18.7. The van der Waals surface area contributed by atoms with Gasteiger partial charge in [0.25, 0.3) is 0 Å². The van der Waals surface area contributed by atoms with Crippen LogP contribution >= 0.6 is 0 Å². The highest BCUT2D eigenvalue weighted by Gasteiger charge is 2.25. The minimum absolute atomic E-state index is 0.140. The first kappa shape index (κ1) is 22.1. The molecule has 0 bridgehead atoms. The normalized spacial score (nSPS) is 13.6. The Morgan fingerprint density at radius 1 is 1.12 bits per heavy atom. The molecule has 0 spiro atoms. The molecule has 1 fully saturated rings. The number of hydrogen-bond acceptors (Lipinski definition) is 8. The summed E-state index contributed by atoms with van der Waals surface area (Å²) in [5.74, 6) is 1.53. The minimum atomic E-state index is 0.140. The fraction of sp³-hybridized carbons (Fsp3) is 0.333. The minimum Gasteiger partial charge on any atom is -0.493 e. The van der Waals surface area contributed by atoms with Gasteiger partial charge in [-0.25, -0.2) is 4.98 Å². The summed E-state index contributed by atoms with van der Waals surface area (Å²) in [4.78, 5) is 25.6. The van der Waals surface area contributed by atoms with Gasteiger partial charge in [-0.3, -0.25) is 4.79 Å². The van der Waals surface area contributed by atoms with Gasteiger partial charge >= 0.3 is 0 Å². The number of carbonyl (C=O) groups excluding carboxylic acids is 1. The van der Waals surface area contributed by atoms with Crippen LogP contribution in [0.5, 0.6) is 11.5 Å². The molecule has 0 aliphatic carbocycles. The molecule has 170 valence electrons. The van der Waals surface area contributed by atoms with E-state index in [1.165, 1.54) is 14.2 Å². The van der Waals surface area contributed by atoms with Crippen molar-refractivity contribution in [3.05, 3.63) is 47.5 Å². The number of fused-ring (bicyclic) bond motifs is 1. The Labute approximate surface area is 192 Å². The summed E-state index contributed by atoms with van der Waals surface area (Å²) < 4.78 is 10.7. The van der Waals surface area contributed by atoms with Crippen LogP contribution in [0.1, 0.15) is 17.5 Å². The van der Waals surface area contributed by atoms with E-state index in [2.05, 4.69) is 16.0 Å². The summed E-state index contributed by atoms with van der Waals surface area (Å²) in [5.41, 5.74) is 8.04. The van der Waals surface area contributed by atoms with Crippen LogP contribution in [0.4, 0.5) is 11.8 Å². The number of ether oxygens (including phenoxy) is 2. The van der Waals surface area contributed by atoms with Crippen molar-refractivity contribution in [1.29, 1.82) is 5.26 Å². The Bertz CT molecular complexity index is 1200. The van der Waals surface area contributed by atoms with Crippen LogP contribution in [0.3, 0.4) is 0 Å². The molecule has 9 heteroatoms. The van der Waals surface area contributed by atoms with Crippen molar-refractivity contribution in [2.45, 2.75) is 12.8 Å². The average molecular weight is 447 g/mol. The van der Waals surface area contributed by atoms with Gasteiger partial charge in [0.05, 0.1) is 19.7 Å². The molecule has 1 aliphatic rings. The summed E-state index contributed by atoms with van der Waals surface area (Å²) >= 11 is 0. The molecule has 4 rings (SSSR count). The molecule has 0 atom stereocenters. The smallest absolute Gasteiger partial charge is 0.228 e. The standard InChI is InChI=1S/C24H26N6O3/c1-32-19-14-17-21(18(15-25)22(19)33-2)27-24(28-23(17)26)30-12-10-29(11-13-30)20(31)9-8-16-6-4-3-5-7-16/h3-7,14H,8-13H2,1-2H3,(H2,26,27,28). The summed E-state index contributed by atoms with van der Waals surface area (Å²) in [7, 11) is 2.97. The maximum absolute atomic E-state index is 12.7. The number of carbonyl (C=O) groups is 1. The Kier molecular flexibility index (Phi) is 6.45. The van der Waals surface area contributed by atoms with Gasteiger partial charge in [-0.15, -0.1) is 0 Å². The van der Waals surface area contributed by atoms with Crippen LogP contribution in [0, 0.1) is 11.3 Å². The second kappa shape index (κ2) is 9.61. The maximum Gasteiger partial charge on any atom is 0.228 e. The number of rotatable bonds is 6. The van der Waals surface area contributed by atoms with E-state index < -0.39 is 0 Å². The molecule has 3 aromatic rings. The first-order chi connectivity index (χ1) is 16.0. The summed E-state index contributed by atoms with van der Waals surface area (Å²) in [5, 5.41) is 10.3. The number of aromatic nitrogens is 2. The number of benzene rings is 2. The van der Waals surface area contributed by atoms with Gasteiger partial charge in [0.1, 0.15) is 17.5 Å². The largest absolute Gasteiger partial charge is 0.493 e. The fourth-order valence-electron chi connectivity index (χ4n) is 4.04.